The van der Waals surface area contributed by atoms with E-state index < -0.39 is 5.97 Å². The number of ketones is 1. The second-order valence-corrected chi connectivity index (χ2v) is 3.82. The largest absolute Gasteiger partial charge is 0.462 e. The highest BCUT2D eigenvalue weighted by molar-refractivity contribution is 6.33. The first kappa shape index (κ1) is 12.7. The molecule has 0 aliphatic heterocycles. The summed E-state index contributed by atoms with van der Waals surface area (Å²) in [4.78, 5) is 22.5. The average Bonchev–Trinajstić information content (AvgIpc) is 2.20. The van der Waals surface area contributed by atoms with E-state index >= 15 is 0 Å². The molecule has 0 amide bonds. The highest BCUT2D eigenvalue weighted by Gasteiger charge is 2.12. The molecule has 0 aliphatic carbocycles. The summed E-state index contributed by atoms with van der Waals surface area (Å²) in [5.41, 5.74) is 1.07. The number of ether oxygens (including phenoxy) is 1. The molecule has 0 bridgehead atoms. The van der Waals surface area contributed by atoms with E-state index in [1.54, 1.807) is 25.1 Å². The molecular formula is C12H13ClO3. The summed E-state index contributed by atoms with van der Waals surface area (Å²) in [5.74, 6) is -0.421. The number of halogens is 1. The lowest BCUT2D eigenvalue weighted by atomic mass is 10.1. The van der Waals surface area contributed by atoms with Gasteiger partial charge in [-0.05, 0) is 31.5 Å². The maximum absolute atomic E-state index is 11.5. The van der Waals surface area contributed by atoms with Crippen molar-refractivity contribution in [3.8, 4) is 0 Å². The zero-order valence-corrected chi connectivity index (χ0v) is 10.0. The second kappa shape index (κ2) is 5.66. The first-order valence-corrected chi connectivity index (χ1v) is 5.37. The molecule has 0 fully saturated rings. The minimum absolute atomic E-state index is 0.0390. The lowest BCUT2D eigenvalue weighted by Gasteiger charge is -2.06. The monoisotopic (exact) mass is 240 g/mol. The molecule has 0 radical (unpaired) electrons. The van der Waals surface area contributed by atoms with Crippen molar-refractivity contribution in [2.24, 2.45) is 0 Å². The number of benzene rings is 1. The topological polar surface area (TPSA) is 43.4 Å². The van der Waals surface area contributed by atoms with Crippen LogP contribution in [0.1, 0.15) is 29.8 Å². The number of carbonyl (C=O) groups excluding carboxylic acids is 2. The molecule has 0 atom stereocenters. The normalized spacial score (nSPS) is 9.94. The van der Waals surface area contributed by atoms with Crippen molar-refractivity contribution in [3.05, 3.63) is 34.3 Å². The Bertz CT molecular complexity index is 413. The molecule has 1 aromatic rings. The number of rotatable bonds is 4. The van der Waals surface area contributed by atoms with E-state index in [-0.39, 0.29) is 5.78 Å². The van der Waals surface area contributed by atoms with Gasteiger partial charge < -0.3 is 4.74 Å². The Morgan fingerprint density at radius 1 is 1.38 bits per heavy atom. The Hall–Kier alpha value is -1.35. The molecule has 0 unspecified atom stereocenters. The van der Waals surface area contributed by atoms with Crippen LogP contribution in [0.15, 0.2) is 18.2 Å². The lowest BCUT2D eigenvalue weighted by Crippen LogP contribution is -2.07. The summed E-state index contributed by atoms with van der Waals surface area (Å²) in [5, 5.41) is 0.339. The first-order valence-electron chi connectivity index (χ1n) is 4.99. The molecule has 4 heteroatoms. The van der Waals surface area contributed by atoms with Crippen LogP contribution in [0, 0.1) is 0 Å². The van der Waals surface area contributed by atoms with E-state index in [0.29, 0.717) is 23.6 Å². The summed E-state index contributed by atoms with van der Waals surface area (Å²) in [6.45, 7) is 3.52. The molecule has 86 valence electrons. The third-order valence-corrected chi connectivity index (χ3v) is 2.31. The van der Waals surface area contributed by atoms with Crippen molar-refractivity contribution in [1.82, 2.24) is 0 Å². The van der Waals surface area contributed by atoms with Gasteiger partial charge in [0.1, 0.15) is 5.78 Å². The standard InChI is InChI=1S/C12H13ClO3/c1-3-16-12(15)10-7-9(6-8(2)14)4-5-11(10)13/h4-5,7H,3,6H2,1-2H3. The van der Waals surface area contributed by atoms with Crippen LogP contribution in [0.4, 0.5) is 0 Å². The molecule has 0 saturated heterocycles. The second-order valence-electron chi connectivity index (χ2n) is 3.41. The van der Waals surface area contributed by atoms with Crippen LogP contribution in [0.25, 0.3) is 0 Å². The molecule has 0 aliphatic rings. The molecule has 3 nitrogen and oxygen atoms in total. The Labute approximate surface area is 99.4 Å². The van der Waals surface area contributed by atoms with Gasteiger partial charge in [-0.25, -0.2) is 4.79 Å². The summed E-state index contributed by atoms with van der Waals surface area (Å²) in [7, 11) is 0. The predicted molar refractivity (Wildman–Crippen MR) is 61.8 cm³/mol. The van der Waals surface area contributed by atoms with Gasteiger partial charge in [0.15, 0.2) is 0 Å². The fourth-order valence-corrected chi connectivity index (χ4v) is 1.53. The average molecular weight is 241 g/mol. The van der Waals surface area contributed by atoms with Crippen LogP contribution in [0.3, 0.4) is 0 Å². The fourth-order valence-electron chi connectivity index (χ4n) is 1.34. The van der Waals surface area contributed by atoms with Crippen LogP contribution in [0.5, 0.6) is 0 Å². The molecule has 0 heterocycles. The van der Waals surface area contributed by atoms with E-state index in [1.807, 2.05) is 0 Å². The fraction of sp³-hybridized carbons (Fsp3) is 0.333. The minimum atomic E-state index is -0.460. The molecule has 0 saturated carbocycles. The third-order valence-electron chi connectivity index (χ3n) is 1.98. The van der Waals surface area contributed by atoms with E-state index in [1.165, 1.54) is 6.92 Å². The molecule has 0 N–H and O–H groups in total. The molecular weight excluding hydrogens is 228 g/mol. The van der Waals surface area contributed by atoms with Crippen molar-refractivity contribution in [3.63, 3.8) is 0 Å². The van der Waals surface area contributed by atoms with Gasteiger partial charge in [0.2, 0.25) is 0 Å². The zero-order valence-electron chi connectivity index (χ0n) is 9.25. The lowest BCUT2D eigenvalue weighted by molar-refractivity contribution is -0.116. The van der Waals surface area contributed by atoms with Gasteiger partial charge in [-0.15, -0.1) is 0 Å². The molecule has 1 rings (SSSR count). The van der Waals surface area contributed by atoms with Crippen molar-refractivity contribution < 1.29 is 14.3 Å². The van der Waals surface area contributed by atoms with Crippen molar-refractivity contribution >= 4 is 23.4 Å². The van der Waals surface area contributed by atoms with Crippen molar-refractivity contribution in [2.75, 3.05) is 6.61 Å². The summed E-state index contributed by atoms with van der Waals surface area (Å²) >= 11 is 5.88. The van der Waals surface area contributed by atoms with Crippen LogP contribution >= 0.6 is 11.6 Å². The smallest absolute Gasteiger partial charge is 0.339 e. The number of esters is 1. The van der Waals surface area contributed by atoms with E-state index in [9.17, 15) is 9.59 Å². The summed E-state index contributed by atoms with van der Waals surface area (Å²) in [6, 6.07) is 4.93. The number of carbonyl (C=O) groups is 2. The Balaban J connectivity index is 2.98. The molecule has 1 aromatic carbocycles. The van der Waals surface area contributed by atoms with Gasteiger partial charge in [0.25, 0.3) is 0 Å². The maximum Gasteiger partial charge on any atom is 0.339 e. The first-order chi connectivity index (χ1) is 7.54. The van der Waals surface area contributed by atoms with Gasteiger partial charge in [-0.1, -0.05) is 17.7 Å². The Kier molecular flexibility index (Phi) is 4.50. The third kappa shape index (κ3) is 3.35. The van der Waals surface area contributed by atoms with Crippen LogP contribution in [-0.2, 0) is 16.0 Å². The molecule has 16 heavy (non-hydrogen) atoms. The zero-order chi connectivity index (χ0) is 12.1. The van der Waals surface area contributed by atoms with Gasteiger partial charge in [-0.3, -0.25) is 4.79 Å². The van der Waals surface area contributed by atoms with E-state index in [4.69, 9.17) is 16.3 Å². The van der Waals surface area contributed by atoms with Crippen molar-refractivity contribution in [1.29, 1.82) is 0 Å². The van der Waals surface area contributed by atoms with E-state index in [2.05, 4.69) is 0 Å². The minimum Gasteiger partial charge on any atom is -0.462 e. The van der Waals surface area contributed by atoms with Crippen LogP contribution in [-0.4, -0.2) is 18.4 Å². The number of hydrogen-bond acceptors (Lipinski definition) is 3. The Morgan fingerprint density at radius 3 is 2.62 bits per heavy atom. The van der Waals surface area contributed by atoms with Gasteiger partial charge >= 0.3 is 5.97 Å². The highest BCUT2D eigenvalue weighted by Crippen LogP contribution is 2.19. The highest BCUT2D eigenvalue weighted by atomic mass is 35.5. The number of hydrogen-bond donors (Lipinski definition) is 0. The summed E-state index contributed by atoms with van der Waals surface area (Å²) < 4.78 is 4.86. The van der Waals surface area contributed by atoms with Gasteiger partial charge in [0, 0.05) is 6.42 Å². The van der Waals surface area contributed by atoms with Crippen molar-refractivity contribution in [2.45, 2.75) is 20.3 Å². The predicted octanol–water partition coefficient (Wildman–Crippen LogP) is 2.65. The van der Waals surface area contributed by atoms with Crippen LogP contribution in [0.2, 0.25) is 5.02 Å². The SMILES string of the molecule is CCOC(=O)c1cc(CC(C)=O)ccc1Cl. The summed E-state index contributed by atoms with van der Waals surface area (Å²) in [6.07, 6.45) is 0.295. The van der Waals surface area contributed by atoms with Gasteiger partial charge in [-0.2, -0.15) is 0 Å². The quantitative estimate of drug-likeness (QED) is 0.760. The van der Waals surface area contributed by atoms with E-state index in [0.717, 1.165) is 5.56 Å². The van der Waals surface area contributed by atoms with Gasteiger partial charge in [0.05, 0.1) is 17.2 Å². The number of Topliss-reactive ketones (excluding diaryl/α,β-unsaturated/α-hetero) is 1. The maximum atomic E-state index is 11.5. The molecule has 0 spiro atoms. The molecule has 0 aromatic heterocycles. The van der Waals surface area contributed by atoms with Crippen LogP contribution < -0.4 is 0 Å². The Morgan fingerprint density at radius 2 is 2.06 bits per heavy atom.